The molecule has 0 aliphatic carbocycles. The van der Waals surface area contributed by atoms with Gasteiger partial charge in [0.1, 0.15) is 5.75 Å². The molecule has 2 aromatic carbocycles. The number of anilines is 2. The van der Waals surface area contributed by atoms with E-state index in [-0.39, 0.29) is 12.5 Å². The Morgan fingerprint density at radius 2 is 1.80 bits per heavy atom. The van der Waals surface area contributed by atoms with Crippen LogP contribution in [-0.4, -0.2) is 39.2 Å². The number of carbonyl (C=O) groups excluding carboxylic acids is 1. The molecule has 0 radical (unpaired) electrons. The lowest BCUT2D eigenvalue weighted by molar-refractivity contribution is -0.137. The number of rotatable bonds is 8. The molecule has 2 aromatic rings. The normalized spacial score (nSPS) is 13.9. The Hall–Kier alpha value is -2.90. The minimum absolute atomic E-state index is 0.0925. The maximum atomic E-state index is 13.1. The van der Waals surface area contributed by atoms with Crippen molar-refractivity contribution in [3.05, 3.63) is 53.6 Å². The Bertz CT molecular complexity index is 848. The van der Waals surface area contributed by atoms with Gasteiger partial charge in [0.25, 0.3) is 0 Å². The molecule has 2 N–H and O–H groups in total. The molecule has 162 valence electrons. The molecule has 1 saturated heterocycles. The van der Waals surface area contributed by atoms with Crippen molar-refractivity contribution in [3.63, 3.8) is 0 Å². The molecule has 1 aliphatic heterocycles. The summed E-state index contributed by atoms with van der Waals surface area (Å²) >= 11 is 0. The molecule has 1 heterocycles. The number of nitrogens with one attached hydrogen (secondary N) is 2. The zero-order valence-electron chi connectivity index (χ0n) is 16.9. The SMILES string of the molecule is COc1ccc(CCNC(=O)CNc2cc(C(F)(F)F)ccc2N2CCCC2)cc1. The first-order valence-electron chi connectivity index (χ1n) is 9.96. The van der Waals surface area contributed by atoms with Crippen LogP contribution in [-0.2, 0) is 17.4 Å². The number of alkyl halides is 3. The van der Waals surface area contributed by atoms with Gasteiger partial charge in [-0.1, -0.05) is 12.1 Å². The third-order valence-corrected chi connectivity index (χ3v) is 5.10. The van der Waals surface area contributed by atoms with Crippen molar-refractivity contribution >= 4 is 17.3 Å². The van der Waals surface area contributed by atoms with Gasteiger partial charge in [-0.25, -0.2) is 0 Å². The lowest BCUT2D eigenvalue weighted by atomic mass is 10.1. The molecular formula is C22H26F3N3O2. The first-order chi connectivity index (χ1) is 14.4. The Morgan fingerprint density at radius 1 is 1.10 bits per heavy atom. The van der Waals surface area contributed by atoms with Crippen LogP contribution in [0.2, 0.25) is 0 Å². The minimum Gasteiger partial charge on any atom is -0.497 e. The fourth-order valence-corrected chi connectivity index (χ4v) is 3.46. The zero-order chi connectivity index (χ0) is 21.6. The van der Waals surface area contributed by atoms with E-state index in [1.807, 2.05) is 29.2 Å². The van der Waals surface area contributed by atoms with Crippen molar-refractivity contribution in [2.24, 2.45) is 0 Å². The van der Waals surface area contributed by atoms with Crippen LogP contribution < -0.4 is 20.3 Å². The highest BCUT2D eigenvalue weighted by Crippen LogP contribution is 2.36. The first kappa shape index (κ1) is 21.8. The highest BCUT2D eigenvalue weighted by molar-refractivity contribution is 5.83. The second-order valence-corrected chi connectivity index (χ2v) is 7.23. The molecule has 8 heteroatoms. The fourth-order valence-electron chi connectivity index (χ4n) is 3.46. The number of carbonyl (C=O) groups is 1. The topological polar surface area (TPSA) is 53.6 Å². The van der Waals surface area contributed by atoms with Crippen molar-refractivity contribution in [1.82, 2.24) is 5.32 Å². The van der Waals surface area contributed by atoms with Gasteiger partial charge < -0.3 is 20.3 Å². The summed E-state index contributed by atoms with van der Waals surface area (Å²) in [7, 11) is 1.60. The van der Waals surface area contributed by atoms with Gasteiger partial charge in [-0.2, -0.15) is 13.2 Å². The molecule has 0 unspecified atom stereocenters. The average Bonchev–Trinajstić information content (AvgIpc) is 3.26. The predicted molar refractivity (Wildman–Crippen MR) is 111 cm³/mol. The third kappa shape index (κ3) is 5.81. The maximum absolute atomic E-state index is 13.1. The van der Waals surface area contributed by atoms with Gasteiger partial charge in [0, 0.05) is 19.6 Å². The van der Waals surface area contributed by atoms with Gasteiger partial charge in [0.2, 0.25) is 5.91 Å². The molecule has 0 atom stereocenters. The fraction of sp³-hybridized carbons (Fsp3) is 0.409. The summed E-state index contributed by atoms with van der Waals surface area (Å²) < 4.78 is 44.5. The summed E-state index contributed by atoms with van der Waals surface area (Å²) in [6.07, 6.45) is -1.77. The van der Waals surface area contributed by atoms with Crippen LogP contribution in [0.15, 0.2) is 42.5 Å². The standard InChI is InChI=1S/C22H26F3N3O2/c1-30-18-7-4-16(5-8-18)10-11-26-21(29)15-27-19-14-17(22(23,24)25)6-9-20(19)28-12-2-3-13-28/h4-9,14,27H,2-3,10-13,15H2,1H3,(H,26,29). The molecule has 1 aliphatic rings. The molecule has 0 spiro atoms. The number of nitrogens with zero attached hydrogens (tertiary/aromatic N) is 1. The first-order valence-corrected chi connectivity index (χ1v) is 9.96. The largest absolute Gasteiger partial charge is 0.497 e. The number of halogens is 3. The summed E-state index contributed by atoms with van der Waals surface area (Å²) in [6.45, 7) is 1.95. The maximum Gasteiger partial charge on any atom is 0.416 e. The molecule has 0 saturated carbocycles. The van der Waals surface area contributed by atoms with Gasteiger partial charge in [0.05, 0.1) is 30.6 Å². The smallest absolute Gasteiger partial charge is 0.416 e. The van der Waals surface area contributed by atoms with E-state index < -0.39 is 11.7 Å². The minimum atomic E-state index is -4.43. The van der Waals surface area contributed by atoms with Crippen molar-refractivity contribution in [3.8, 4) is 5.75 Å². The van der Waals surface area contributed by atoms with E-state index in [4.69, 9.17) is 4.74 Å². The van der Waals surface area contributed by atoms with Crippen molar-refractivity contribution < 1.29 is 22.7 Å². The van der Waals surface area contributed by atoms with Crippen molar-refractivity contribution in [2.45, 2.75) is 25.4 Å². The molecule has 5 nitrogen and oxygen atoms in total. The summed E-state index contributed by atoms with van der Waals surface area (Å²) in [5, 5.41) is 5.69. The highest BCUT2D eigenvalue weighted by atomic mass is 19.4. The van der Waals surface area contributed by atoms with Crippen molar-refractivity contribution in [1.29, 1.82) is 0 Å². The third-order valence-electron chi connectivity index (χ3n) is 5.10. The molecule has 0 bridgehead atoms. The number of amides is 1. The van der Waals surface area contributed by atoms with E-state index in [1.165, 1.54) is 6.07 Å². The van der Waals surface area contributed by atoms with Gasteiger partial charge in [0.15, 0.2) is 0 Å². The molecule has 3 rings (SSSR count). The summed E-state index contributed by atoms with van der Waals surface area (Å²) in [5.41, 5.74) is 1.36. The molecular weight excluding hydrogens is 395 g/mol. The second kappa shape index (κ2) is 9.73. The second-order valence-electron chi connectivity index (χ2n) is 7.23. The quantitative estimate of drug-likeness (QED) is 0.674. The Labute approximate surface area is 174 Å². The Balaban J connectivity index is 1.56. The van der Waals surface area contributed by atoms with E-state index >= 15 is 0 Å². The Kier molecular flexibility index (Phi) is 7.07. The summed E-state index contributed by atoms with van der Waals surface area (Å²) in [5.74, 6) is 0.496. The van der Waals surface area contributed by atoms with E-state index in [9.17, 15) is 18.0 Å². The Morgan fingerprint density at radius 3 is 2.43 bits per heavy atom. The predicted octanol–water partition coefficient (Wildman–Crippen LogP) is 4.09. The monoisotopic (exact) mass is 421 g/mol. The average molecular weight is 421 g/mol. The van der Waals surface area contributed by atoms with Crippen LogP contribution in [0.5, 0.6) is 5.75 Å². The highest BCUT2D eigenvalue weighted by Gasteiger charge is 2.31. The number of hydrogen-bond donors (Lipinski definition) is 2. The molecule has 1 amide bonds. The van der Waals surface area contributed by atoms with Gasteiger partial charge >= 0.3 is 6.18 Å². The van der Waals surface area contributed by atoms with Crippen LogP contribution >= 0.6 is 0 Å². The molecule has 30 heavy (non-hydrogen) atoms. The lowest BCUT2D eigenvalue weighted by Gasteiger charge is -2.23. The van der Waals surface area contributed by atoms with E-state index in [0.717, 1.165) is 49.4 Å². The number of benzene rings is 2. The van der Waals surface area contributed by atoms with Gasteiger partial charge in [-0.05, 0) is 55.2 Å². The summed E-state index contributed by atoms with van der Waals surface area (Å²) in [4.78, 5) is 14.2. The van der Waals surface area contributed by atoms with Crippen LogP contribution in [0, 0.1) is 0 Å². The number of methoxy groups -OCH3 is 1. The summed E-state index contributed by atoms with van der Waals surface area (Å²) in [6, 6.07) is 11.2. The molecule has 1 fully saturated rings. The zero-order valence-corrected chi connectivity index (χ0v) is 16.9. The van der Waals surface area contributed by atoms with Crippen LogP contribution in [0.25, 0.3) is 0 Å². The van der Waals surface area contributed by atoms with Crippen LogP contribution in [0.3, 0.4) is 0 Å². The lowest BCUT2D eigenvalue weighted by Crippen LogP contribution is -2.32. The van der Waals surface area contributed by atoms with Gasteiger partial charge in [-0.3, -0.25) is 4.79 Å². The van der Waals surface area contributed by atoms with E-state index in [1.54, 1.807) is 7.11 Å². The van der Waals surface area contributed by atoms with Crippen LogP contribution in [0.4, 0.5) is 24.5 Å². The van der Waals surface area contributed by atoms with Gasteiger partial charge in [-0.15, -0.1) is 0 Å². The van der Waals surface area contributed by atoms with Crippen LogP contribution in [0.1, 0.15) is 24.0 Å². The van der Waals surface area contributed by atoms with Crippen molar-refractivity contribution in [2.75, 3.05) is 43.5 Å². The van der Waals surface area contributed by atoms with E-state index in [2.05, 4.69) is 10.6 Å². The molecule has 0 aromatic heterocycles. The number of hydrogen-bond acceptors (Lipinski definition) is 4. The van der Waals surface area contributed by atoms with E-state index in [0.29, 0.717) is 24.3 Å². The number of ether oxygens (including phenoxy) is 1.